The third-order valence-electron chi connectivity index (χ3n) is 4.94. The smallest absolute Gasteiger partial charge is 0.266 e. The summed E-state index contributed by atoms with van der Waals surface area (Å²) in [5.41, 5.74) is 3.48. The number of thiocarbonyl (C=S) groups is 1. The van der Waals surface area contributed by atoms with Crippen LogP contribution >= 0.6 is 24.0 Å². The fourth-order valence-corrected chi connectivity index (χ4v) is 4.71. The van der Waals surface area contributed by atoms with Crippen molar-refractivity contribution in [1.29, 1.82) is 0 Å². The molecule has 170 valence electrons. The molecule has 4 rings (SSSR count). The van der Waals surface area contributed by atoms with Crippen LogP contribution in [-0.2, 0) is 9.53 Å². The van der Waals surface area contributed by atoms with E-state index in [0.29, 0.717) is 22.4 Å². The van der Waals surface area contributed by atoms with E-state index in [1.165, 1.54) is 11.8 Å². The van der Waals surface area contributed by atoms with Gasteiger partial charge in [0.25, 0.3) is 5.91 Å². The van der Waals surface area contributed by atoms with Gasteiger partial charge in [-0.15, -0.1) is 0 Å². The Bertz CT molecular complexity index is 1170. The Morgan fingerprint density at radius 2 is 1.85 bits per heavy atom. The summed E-state index contributed by atoms with van der Waals surface area (Å²) in [7, 11) is 1.61. The van der Waals surface area contributed by atoms with E-state index < -0.39 is 0 Å². The van der Waals surface area contributed by atoms with Crippen molar-refractivity contribution in [2.75, 3.05) is 20.3 Å². The molecule has 0 unspecified atom stereocenters. The Morgan fingerprint density at radius 3 is 2.52 bits per heavy atom. The van der Waals surface area contributed by atoms with Gasteiger partial charge in [-0.2, -0.15) is 5.10 Å². The SMILES string of the molecule is COCCN1C(=O)C(=Cc2cn(-c3ccccc3)nc2-c2ccc(OC(C)C)cc2)SC1=S. The van der Waals surface area contributed by atoms with Gasteiger partial charge in [-0.1, -0.05) is 42.2 Å². The Morgan fingerprint density at radius 1 is 1.12 bits per heavy atom. The maximum absolute atomic E-state index is 12.9. The molecule has 0 spiro atoms. The maximum Gasteiger partial charge on any atom is 0.266 e. The molecule has 8 heteroatoms. The van der Waals surface area contributed by atoms with E-state index in [4.69, 9.17) is 26.8 Å². The van der Waals surface area contributed by atoms with E-state index in [2.05, 4.69) is 0 Å². The van der Waals surface area contributed by atoms with E-state index in [0.717, 1.165) is 28.3 Å². The van der Waals surface area contributed by atoms with Gasteiger partial charge in [0.1, 0.15) is 10.1 Å². The van der Waals surface area contributed by atoms with Crippen LogP contribution in [0.25, 0.3) is 23.0 Å². The van der Waals surface area contributed by atoms with Crippen LogP contribution in [0, 0.1) is 0 Å². The van der Waals surface area contributed by atoms with Crippen LogP contribution in [0.2, 0.25) is 0 Å². The van der Waals surface area contributed by atoms with Gasteiger partial charge >= 0.3 is 0 Å². The largest absolute Gasteiger partial charge is 0.491 e. The maximum atomic E-state index is 12.9. The fourth-order valence-electron chi connectivity index (χ4n) is 3.41. The lowest BCUT2D eigenvalue weighted by Crippen LogP contribution is -2.31. The van der Waals surface area contributed by atoms with Gasteiger partial charge < -0.3 is 9.47 Å². The molecule has 0 aliphatic carbocycles. The van der Waals surface area contributed by atoms with Gasteiger partial charge in [0.15, 0.2) is 0 Å². The summed E-state index contributed by atoms with van der Waals surface area (Å²) in [5.74, 6) is 0.693. The van der Waals surface area contributed by atoms with Crippen molar-refractivity contribution in [2.45, 2.75) is 20.0 Å². The normalized spacial score (nSPS) is 15.2. The molecule has 2 heterocycles. The number of amides is 1. The number of para-hydroxylation sites is 1. The number of methoxy groups -OCH3 is 1. The first-order valence-electron chi connectivity index (χ1n) is 10.6. The van der Waals surface area contributed by atoms with Crippen LogP contribution in [0.4, 0.5) is 0 Å². The molecular weight excluding hydrogens is 454 g/mol. The Hall–Kier alpha value is -2.94. The van der Waals surface area contributed by atoms with Crippen molar-refractivity contribution in [3.05, 3.63) is 71.3 Å². The Labute approximate surface area is 203 Å². The highest BCUT2D eigenvalue weighted by Crippen LogP contribution is 2.35. The first-order valence-corrected chi connectivity index (χ1v) is 11.8. The number of hydrogen-bond donors (Lipinski definition) is 0. The first-order chi connectivity index (χ1) is 16.0. The summed E-state index contributed by atoms with van der Waals surface area (Å²) in [5, 5.41) is 4.84. The van der Waals surface area contributed by atoms with Crippen LogP contribution in [0.15, 0.2) is 65.7 Å². The number of aromatic nitrogens is 2. The average molecular weight is 480 g/mol. The number of carbonyl (C=O) groups excluding carboxylic acids is 1. The Kier molecular flexibility index (Phi) is 7.27. The predicted octanol–water partition coefficient (Wildman–Crippen LogP) is 5.17. The number of ether oxygens (including phenoxy) is 2. The zero-order valence-corrected chi connectivity index (χ0v) is 20.4. The number of nitrogens with zero attached hydrogens (tertiary/aromatic N) is 3. The zero-order chi connectivity index (χ0) is 23.4. The molecule has 1 aliphatic rings. The van der Waals surface area contributed by atoms with Crippen molar-refractivity contribution in [1.82, 2.24) is 14.7 Å². The molecule has 0 saturated carbocycles. The molecule has 0 atom stereocenters. The lowest BCUT2D eigenvalue weighted by atomic mass is 10.1. The molecule has 33 heavy (non-hydrogen) atoms. The third kappa shape index (κ3) is 5.35. The molecule has 1 aliphatic heterocycles. The van der Waals surface area contributed by atoms with E-state index in [1.54, 1.807) is 12.0 Å². The molecule has 0 bridgehead atoms. The second kappa shape index (κ2) is 10.3. The van der Waals surface area contributed by atoms with Gasteiger partial charge in [0.2, 0.25) is 0 Å². The molecule has 0 radical (unpaired) electrons. The predicted molar refractivity (Wildman–Crippen MR) is 137 cm³/mol. The highest BCUT2D eigenvalue weighted by atomic mass is 32.2. The minimum Gasteiger partial charge on any atom is -0.491 e. The van der Waals surface area contributed by atoms with Gasteiger partial charge in [-0.05, 0) is 56.3 Å². The number of rotatable bonds is 8. The molecule has 0 N–H and O–H groups in total. The van der Waals surface area contributed by atoms with E-state index in [1.807, 2.05) is 85.4 Å². The number of thioether (sulfide) groups is 1. The lowest BCUT2D eigenvalue weighted by molar-refractivity contribution is -0.122. The number of carbonyl (C=O) groups is 1. The van der Waals surface area contributed by atoms with Crippen molar-refractivity contribution < 1.29 is 14.3 Å². The molecule has 1 aromatic heterocycles. The summed E-state index contributed by atoms with van der Waals surface area (Å²) in [6.45, 7) is 4.86. The van der Waals surface area contributed by atoms with Gasteiger partial charge in [-0.3, -0.25) is 9.69 Å². The van der Waals surface area contributed by atoms with E-state index in [-0.39, 0.29) is 12.0 Å². The average Bonchev–Trinajstić information content (AvgIpc) is 3.34. The van der Waals surface area contributed by atoms with Crippen LogP contribution in [0.3, 0.4) is 0 Å². The second-order valence-electron chi connectivity index (χ2n) is 7.73. The van der Waals surface area contributed by atoms with Crippen LogP contribution in [0.1, 0.15) is 19.4 Å². The highest BCUT2D eigenvalue weighted by Gasteiger charge is 2.32. The van der Waals surface area contributed by atoms with Crippen LogP contribution in [-0.4, -0.2) is 51.3 Å². The van der Waals surface area contributed by atoms with Crippen molar-refractivity contribution >= 4 is 40.3 Å². The quantitative estimate of drug-likeness (QED) is 0.328. The standard InChI is InChI=1S/C25H25N3O3S2/c1-17(2)31-21-11-9-18(10-12-21)23-19(16-28(26-23)20-7-5-4-6-8-20)15-22-24(29)27(13-14-30-3)25(32)33-22/h4-12,15-17H,13-14H2,1-3H3. The molecule has 2 aromatic carbocycles. The second-order valence-corrected chi connectivity index (χ2v) is 9.41. The van der Waals surface area contributed by atoms with Crippen molar-refractivity contribution in [3.63, 3.8) is 0 Å². The summed E-state index contributed by atoms with van der Waals surface area (Å²) < 4.78 is 13.2. The summed E-state index contributed by atoms with van der Waals surface area (Å²) in [6.07, 6.45) is 3.90. The summed E-state index contributed by atoms with van der Waals surface area (Å²) in [4.78, 5) is 15.1. The molecule has 1 amide bonds. The van der Waals surface area contributed by atoms with Crippen LogP contribution in [0.5, 0.6) is 5.75 Å². The first kappa shape index (κ1) is 23.2. The summed E-state index contributed by atoms with van der Waals surface area (Å²) in [6, 6.07) is 17.7. The lowest BCUT2D eigenvalue weighted by Gasteiger charge is -2.12. The van der Waals surface area contributed by atoms with Gasteiger partial charge in [0.05, 0.1) is 35.5 Å². The zero-order valence-electron chi connectivity index (χ0n) is 18.7. The van der Waals surface area contributed by atoms with Crippen molar-refractivity contribution in [2.24, 2.45) is 0 Å². The topological polar surface area (TPSA) is 56.6 Å². The molecule has 6 nitrogen and oxygen atoms in total. The molecule has 3 aromatic rings. The van der Waals surface area contributed by atoms with Gasteiger partial charge in [0, 0.05) is 24.4 Å². The van der Waals surface area contributed by atoms with E-state index >= 15 is 0 Å². The number of hydrogen-bond acceptors (Lipinski definition) is 6. The monoisotopic (exact) mass is 479 g/mol. The minimum atomic E-state index is -0.110. The fraction of sp³-hybridized carbons (Fsp3) is 0.240. The third-order valence-corrected chi connectivity index (χ3v) is 6.32. The Balaban J connectivity index is 1.72. The number of benzene rings is 2. The van der Waals surface area contributed by atoms with Crippen molar-refractivity contribution in [3.8, 4) is 22.7 Å². The van der Waals surface area contributed by atoms with Crippen LogP contribution < -0.4 is 4.74 Å². The van der Waals surface area contributed by atoms with Gasteiger partial charge in [-0.25, -0.2) is 4.68 Å². The molecular formula is C25H25N3O3S2. The highest BCUT2D eigenvalue weighted by molar-refractivity contribution is 8.26. The molecule has 1 saturated heterocycles. The minimum absolute atomic E-state index is 0.101. The summed E-state index contributed by atoms with van der Waals surface area (Å²) >= 11 is 6.72. The molecule has 1 fully saturated rings. The van der Waals surface area contributed by atoms with E-state index in [9.17, 15) is 4.79 Å².